The third-order valence-electron chi connectivity index (χ3n) is 8.90. The topological polar surface area (TPSA) is 130 Å². The number of fused-ring (bicyclic) bond motifs is 4. The van der Waals surface area contributed by atoms with Crippen LogP contribution >= 0.6 is 34.8 Å². The van der Waals surface area contributed by atoms with Crippen molar-refractivity contribution in [3.63, 3.8) is 0 Å². The van der Waals surface area contributed by atoms with E-state index in [0.717, 1.165) is 44.5 Å². The molecule has 4 fully saturated rings. The molecule has 14 heteroatoms. The van der Waals surface area contributed by atoms with Gasteiger partial charge in [0.05, 0.1) is 44.1 Å². The van der Waals surface area contributed by atoms with Crippen LogP contribution in [0.15, 0.2) is 12.4 Å². The van der Waals surface area contributed by atoms with E-state index in [9.17, 15) is 18.4 Å². The van der Waals surface area contributed by atoms with Crippen molar-refractivity contribution in [2.75, 3.05) is 14.2 Å². The summed E-state index contributed by atoms with van der Waals surface area (Å²) < 4.78 is 35.6. The number of ether oxygens (including phenoxy) is 2. The molecule has 2 aromatic heterocycles. The van der Waals surface area contributed by atoms with Crippen LogP contribution in [0.3, 0.4) is 0 Å². The maximum atomic E-state index is 13.8. The van der Waals surface area contributed by atoms with Crippen molar-refractivity contribution in [1.29, 1.82) is 0 Å². The van der Waals surface area contributed by atoms with Crippen LogP contribution in [-0.4, -0.2) is 52.1 Å². The molecule has 224 valence electrons. The van der Waals surface area contributed by atoms with Crippen molar-refractivity contribution in [2.45, 2.75) is 51.0 Å². The van der Waals surface area contributed by atoms with Gasteiger partial charge in [-0.05, 0) is 97.7 Å². The first kappa shape index (κ1) is 31.7. The van der Waals surface area contributed by atoms with Gasteiger partial charge in [-0.3, -0.25) is 9.59 Å². The second kappa shape index (κ2) is 13.8. The predicted molar refractivity (Wildman–Crippen MR) is 147 cm³/mol. The third-order valence-corrected chi connectivity index (χ3v) is 9.53. The van der Waals surface area contributed by atoms with Crippen molar-refractivity contribution in [3.05, 3.63) is 45.4 Å². The second-order valence-corrected chi connectivity index (χ2v) is 12.0. The van der Waals surface area contributed by atoms with Gasteiger partial charge in [0.1, 0.15) is 0 Å². The summed E-state index contributed by atoms with van der Waals surface area (Å²) in [6, 6.07) is 0.0659. The zero-order chi connectivity index (χ0) is 29.8. The van der Waals surface area contributed by atoms with E-state index in [1.54, 1.807) is 0 Å². The molecule has 0 radical (unpaired) electrons. The molecule has 2 aromatic rings. The fourth-order valence-electron chi connectivity index (χ4n) is 7.10. The van der Waals surface area contributed by atoms with E-state index in [0.29, 0.717) is 35.8 Å². The lowest BCUT2D eigenvalue weighted by Crippen LogP contribution is -2.40. The Balaban J connectivity index is 0.000000156. The number of hydrogen-bond acceptors (Lipinski definition) is 9. The molecular weight excluding hydrogens is 603 g/mol. The Morgan fingerprint density at radius 1 is 0.829 bits per heavy atom. The molecule has 2 N–H and O–H groups in total. The maximum Gasteiger partial charge on any atom is 0.310 e. The Labute approximate surface area is 251 Å². The summed E-state index contributed by atoms with van der Waals surface area (Å²) in [6.45, 7) is 0. The molecular formula is C27H32Cl3F2N5O4. The number of carbonyl (C=O) groups excluding carboxylic acids is 2. The molecule has 2 unspecified atom stereocenters. The summed E-state index contributed by atoms with van der Waals surface area (Å²) in [5.74, 6) is 0.480. The van der Waals surface area contributed by atoms with Crippen LogP contribution in [0.2, 0.25) is 15.7 Å². The zero-order valence-corrected chi connectivity index (χ0v) is 24.9. The molecule has 2 heterocycles. The van der Waals surface area contributed by atoms with Crippen molar-refractivity contribution in [1.82, 2.24) is 19.9 Å². The summed E-state index contributed by atoms with van der Waals surface area (Å²) >= 11 is 16.2. The third kappa shape index (κ3) is 7.24. The van der Waals surface area contributed by atoms with Crippen LogP contribution < -0.4 is 5.73 Å². The van der Waals surface area contributed by atoms with Gasteiger partial charge in [0, 0.05) is 6.04 Å². The molecule has 0 saturated heterocycles. The van der Waals surface area contributed by atoms with Crippen LogP contribution in [0.5, 0.6) is 0 Å². The molecule has 8 atom stereocenters. The molecule has 0 aromatic carbocycles. The average Bonchev–Trinajstić information content (AvgIpc) is 3.75. The minimum atomic E-state index is -0.666. The molecule has 4 aliphatic carbocycles. The number of nitrogens with zero attached hydrogens (tertiary/aromatic N) is 4. The lowest BCUT2D eigenvalue weighted by atomic mass is 9.77. The largest absolute Gasteiger partial charge is 0.469 e. The van der Waals surface area contributed by atoms with Gasteiger partial charge in [-0.25, -0.2) is 28.7 Å². The molecule has 4 aliphatic rings. The first-order valence-electron chi connectivity index (χ1n) is 13.5. The van der Waals surface area contributed by atoms with Gasteiger partial charge < -0.3 is 15.2 Å². The molecule has 4 bridgehead atoms. The van der Waals surface area contributed by atoms with E-state index in [2.05, 4.69) is 19.9 Å². The lowest BCUT2D eigenvalue weighted by Gasteiger charge is -2.28. The maximum absolute atomic E-state index is 13.8. The van der Waals surface area contributed by atoms with Gasteiger partial charge in [0.25, 0.3) is 0 Å². The van der Waals surface area contributed by atoms with Crippen molar-refractivity contribution in [3.8, 4) is 0 Å². The number of carbonyl (C=O) groups is 2. The first-order valence-corrected chi connectivity index (χ1v) is 14.6. The van der Waals surface area contributed by atoms with Crippen LogP contribution in [0.25, 0.3) is 0 Å². The SMILES string of the molecule is COC(=O)[C@@H]1C2CCC(C2)[C@H]1N.COC(=O)[C@H]1[C@@H]2CC[C@@H](C2)[C@@H]1Cc1nc(Cl)ncc1F.Fc1cnc(Cl)nc1Cl. The fraction of sp³-hybridized carbons (Fsp3) is 0.630. The van der Waals surface area contributed by atoms with Gasteiger partial charge >= 0.3 is 11.9 Å². The van der Waals surface area contributed by atoms with Gasteiger partial charge in [-0.15, -0.1) is 0 Å². The highest BCUT2D eigenvalue weighted by Crippen LogP contribution is 2.53. The van der Waals surface area contributed by atoms with E-state index in [1.165, 1.54) is 20.6 Å². The summed E-state index contributed by atoms with van der Waals surface area (Å²) in [4.78, 5) is 37.5. The van der Waals surface area contributed by atoms with Crippen molar-refractivity contribution < 1.29 is 27.8 Å². The number of nitrogens with two attached hydrogens (primary N) is 1. The minimum absolute atomic E-state index is 0.00579. The zero-order valence-electron chi connectivity index (χ0n) is 22.6. The van der Waals surface area contributed by atoms with Gasteiger partial charge in [-0.1, -0.05) is 11.6 Å². The number of methoxy groups -OCH3 is 2. The van der Waals surface area contributed by atoms with E-state index in [1.807, 2.05) is 0 Å². The molecule has 0 spiro atoms. The predicted octanol–water partition coefficient (Wildman–Crippen LogP) is 5.10. The molecule has 9 nitrogen and oxygen atoms in total. The number of esters is 2. The Morgan fingerprint density at radius 2 is 1.34 bits per heavy atom. The standard InChI is InChI=1S/C14H16ClFN2O2.C9H15NO2.C4HCl2FN2/c1-20-13(19)12-8-3-2-7(4-8)9(12)5-11-10(16)6-17-14(15)18-11;1-12-9(11)7-5-2-3-6(4-5)8(7)10;5-3-2(7)1-8-4(6)9-3/h6-9,12H,2-5H2,1H3;5-8H,2-4,10H2,1H3;1H/t7-,8+,9-,12-;5?,6?,7-,8-;/m01./s1. The first-order chi connectivity index (χ1) is 19.5. The Hall–Kier alpha value is -2.21. The minimum Gasteiger partial charge on any atom is -0.469 e. The molecule has 4 saturated carbocycles. The molecule has 0 amide bonds. The number of aromatic nitrogens is 4. The Kier molecular flexibility index (Phi) is 10.7. The van der Waals surface area contributed by atoms with Gasteiger partial charge in [-0.2, -0.15) is 0 Å². The Bertz CT molecular complexity index is 1260. The number of hydrogen-bond donors (Lipinski definition) is 1. The van der Waals surface area contributed by atoms with Crippen LogP contribution in [0, 0.1) is 53.1 Å². The summed E-state index contributed by atoms with van der Waals surface area (Å²) in [6.07, 6.45) is 9.14. The smallest absolute Gasteiger partial charge is 0.310 e. The highest BCUT2D eigenvalue weighted by molar-refractivity contribution is 6.31. The second-order valence-electron chi connectivity index (χ2n) is 10.9. The highest BCUT2D eigenvalue weighted by Gasteiger charge is 2.51. The quantitative estimate of drug-likeness (QED) is 0.277. The molecule has 41 heavy (non-hydrogen) atoms. The van der Waals surface area contributed by atoms with E-state index in [-0.39, 0.29) is 51.5 Å². The highest BCUT2D eigenvalue weighted by atomic mass is 35.5. The monoisotopic (exact) mass is 633 g/mol. The van der Waals surface area contributed by atoms with Crippen molar-refractivity contribution in [2.24, 2.45) is 47.2 Å². The normalized spacial score (nSPS) is 30.6. The van der Waals surface area contributed by atoms with Gasteiger partial charge in [0.15, 0.2) is 16.8 Å². The molecule has 6 rings (SSSR count). The summed E-state index contributed by atoms with van der Waals surface area (Å²) in [7, 11) is 2.86. The van der Waals surface area contributed by atoms with E-state index in [4.69, 9.17) is 50.0 Å². The lowest BCUT2D eigenvalue weighted by molar-refractivity contribution is -0.149. The van der Waals surface area contributed by atoms with Gasteiger partial charge in [0.2, 0.25) is 10.6 Å². The molecule has 0 aliphatic heterocycles. The summed E-state index contributed by atoms with van der Waals surface area (Å²) in [5, 5.41) is -0.268. The van der Waals surface area contributed by atoms with Crippen LogP contribution in [0.4, 0.5) is 8.78 Å². The van der Waals surface area contributed by atoms with Crippen LogP contribution in [0.1, 0.15) is 44.2 Å². The average molecular weight is 635 g/mol. The summed E-state index contributed by atoms with van der Waals surface area (Å²) in [5.41, 5.74) is 6.24. The van der Waals surface area contributed by atoms with Crippen molar-refractivity contribution >= 4 is 46.7 Å². The number of rotatable bonds is 4. The number of halogens is 5. The fourth-order valence-corrected chi connectivity index (χ4v) is 7.56. The Morgan fingerprint density at radius 3 is 1.90 bits per heavy atom. The van der Waals surface area contributed by atoms with Crippen LogP contribution in [-0.2, 0) is 25.5 Å². The van der Waals surface area contributed by atoms with E-state index < -0.39 is 11.6 Å². The van der Waals surface area contributed by atoms with E-state index >= 15 is 0 Å².